The van der Waals surface area contributed by atoms with Crippen molar-refractivity contribution in [3.05, 3.63) is 23.8 Å². The van der Waals surface area contributed by atoms with E-state index < -0.39 is 15.9 Å². The number of rotatable bonds is 8. The highest BCUT2D eigenvalue weighted by Gasteiger charge is 2.23. The van der Waals surface area contributed by atoms with Crippen molar-refractivity contribution in [2.24, 2.45) is 0 Å². The van der Waals surface area contributed by atoms with E-state index in [1.807, 2.05) is 0 Å². The number of methoxy groups -OCH3 is 1. The van der Waals surface area contributed by atoms with Crippen LogP contribution in [0.25, 0.3) is 0 Å². The van der Waals surface area contributed by atoms with Gasteiger partial charge in [0.15, 0.2) is 0 Å². The van der Waals surface area contributed by atoms with Crippen LogP contribution in [-0.2, 0) is 14.8 Å². The lowest BCUT2D eigenvalue weighted by molar-refractivity contribution is -0.121. The average molecular weight is 412 g/mol. The van der Waals surface area contributed by atoms with E-state index in [0.29, 0.717) is 0 Å². The molecule has 0 radical (unpaired) electrons. The van der Waals surface area contributed by atoms with E-state index in [9.17, 15) is 18.0 Å². The second-order valence-electron chi connectivity index (χ2n) is 7.23. The van der Waals surface area contributed by atoms with E-state index in [4.69, 9.17) is 4.74 Å². The number of nitrogens with one attached hydrogen (secondary N) is 3. The van der Waals surface area contributed by atoms with Crippen LogP contribution in [-0.4, -0.2) is 46.0 Å². The third-order valence-corrected chi connectivity index (χ3v) is 6.17. The lowest BCUT2D eigenvalue weighted by Gasteiger charge is -2.22. The van der Waals surface area contributed by atoms with E-state index in [-0.39, 0.29) is 40.7 Å². The minimum atomic E-state index is -3.84. The van der Waals surface area contributed by atoms with Crippen molar-refractivity contribution in [3.8, 4) is 5.75 Å². The van der Waals surface area contributed by atoms with Gasteiger partial charge in [-0.1, -0.05) is 19.3 Å². The zero-order valence-corrected chi connectivity index (χ0v) is 17.4. The van der Waals surface area contributed by atoms with Crippen LogP contribution in [0.4, 0.5) is 0 Å². The monoisotopic (exact) mass is 411 g/mol. The fourth-order valence-corrected chi connectivity index (χ4v) is 4.64. The Balaban J connectivity index is 2.04. The number of ether oxygens (including phenoxy) is 1. The summed E-state index contributed by atoms with van der Waals surface area (Å²) in [5.41, 5.74) is 0.135. The highest BCUT2D eigenvalue weighted by Crippen LogP contribution is 2.25. The summed E-state index contributed by atoms with van der Waals surface area (Å²) in [5, 5.41) is 5.46. The molecule has 0 saturated heterocycles. The van der Waals surface area contributed by atoms with Crippen LogP contribution >= 0.6 is 0 Å². The predicted octanol–water partition coefficient (Wildman–Crippen LogP) is 1.56. The number of hydrogen-bond donors (Lipinski definition) is 3. The maximum Gasteiger partial charge on any atom is 0.251 e. The molecule has 28 heavy (non-hydrogen) atoms. The first kappa shape index (κ1) is 22.2. The molecule has 0 heterocycles. The van der Waals surface area contributed by atoms with Crippen molar-refractivity contribution in [2.45, 2.75) is 62.9 Å². The molecule has 1 aliphatic rings. The molecule has 3 N–H and O–H groups in total. The summed E-state index contributed by atoms with van der Waals surface area (Å²) < 4.78 is 32.6. The molecular formula is C19H29N3O5S. The van der Waals surface area contributed by atoms with Crippen molar-refractivity contribution >= 4 is 21.8 Å². The second kappa shape index (κ2) is 9.88. The fourth-order valence-electron chi connectivity index (χ4n) is 3.19. The minimum Gasteiger partial charge on any atom is -0.495 e. The summed E-state index contributed by atoms with van der Waals surface area (Å²) in [5.74, 6) is -0.634. The van der Waals surface area contributed by atoms with Gasteiger partial charge < -0.3 is 15.4 Å². The van der Waals surface area contributed by atoms with Crippen molar-refractivity contribution in [2.75, 3.05) is 13.7 Å². The topological polar surface area (TPSA) is 114 Å². The van der Waals surface area contributed by atoms with Crippen molar-refractivity contribution < 1.29 is 22.7 Å². The summed E-state index contributed by atoms with van der Waals surface area (Å²) in [6.45, 7) is 3.24. The molecule has 1 aromatic carbocycles. The smallest absolute Gasteiger partial charge is 0.251 e. The number of carbonyl (C=O) groups is 2. The lowest BCUT2D eigenvalue weighted by atomic mass is 9.95. The molecule has 1 aromatic rings. The first-order chi connectivity index (χ1) is 13.2. The Bertz CT molecular complexity index is 802. The van der Waals surface area contributed by atoms with Gasteiger partial charge in [-0.05, 0) is 44.9 Å². The third kappa shape index (κ3) is 6.20. The first-order valence-electron chi connectivity index (χ1n) is 9.51. The molecule has 0 aromatic heterocycles. The first-order valence-corrected chi connectivity index (χ1v) is 11.0. The van der Waals surface area contributed by atoms with Gasteiger partial charge in [0.25, 0.3) is 5.91 Å². The Morgan fingerprint density at radius 1 is 1.18 bits per heavy atom. The van der Waals surface area contributed by atoms with E-state index in [1.165, 1.54) is 31.7 Å². The summed E-state index contributed by atoms with van der Waals surface area (Å²) in [7, 11) is -2.48. The summed E-state index contributed by atoms with van der Waals surface area (Å²) in [6.07, 6.45) is 5.32. The summed E-state index contributed by atoms with van der Waals surface area (Å²) >= 11 is 0. The second-order valence-corrected chi connectivity index (χ2v) is 8.91. The Kier molecular flexibility index (Phi) is 7.82. The Labute approximate surface area is 166 Å². The number of sulfonamides is 1. The molecule has 156 valence electrons. The van der Waals surface area contributed by atoms with E-state index in [1.54, 1.807) is 13.8 Å². The van der Waals surface area contributed by atoms with Gasteiger partial charge in [0.2, 0.25) is 15.9 Å². The van der Waals surface area contributed by atoms with Crippen LogP contribution in [0.15, 0.2) is 23.1 Å². The lowest BCUT2D eigenvalue weighted by Crippen LogP contribution is -2.42. The highest BCUT2D eigenvalue weighted by atomic mass is 32.2. The van der Waals surface area contributed by atoms with E-state index in [0.717, 1.165) is 25.7 Å². The standard InChI is InChI=1S/C19H29N3O5S/c1-13(2)22-28(25,26)17-11-14(9-10-16(17)27-3)19(24)20-12-18(23)21-15-7-5-4-6-8-15/h9-11,13,15,22H,4-8,12H2,1-3H3,(H,20,24)(H,21,23). The molecule has 1 fully saturated rings. The number of hydrogen-bond acceptors (Lipinski definition) is 5. The molecule has 2 rings (SSSR count). The molecule has 1 saturated carbocycles. The SMILES string of the molecule is COc1ccc(C(=O)NCC(=O)NC2CCCCC2)cc1S(=O)(=O)NC(C)C. The molecule has 0 spiro atoms. The normalized spacial score (nSPS) is 15.3. The van der Waals surface area contributed by atoms with Crippen molar-refractivity contribution in [1.29, 1.82) is 0 Å². The van der Waals surface area contributed by atoms with Crippen LogP contribution in [0.5, 0.6) is 5.75 Å². The van der Waals surface area contributed by atoms with Gasteiger partial charge in [-0.15, -0.1) is 0 Å². The Hall–Kier alpha value is -2.13. The third-order valence-electron chi connectivity index (χ3n) is 4.49. The number of carbonyl (C=O) groups excluding carboxylic acids is 2. The maximum absolute atomic E-state index is 12.5. The number of benzene rings is 1. The molecular weight excluding hydrogens is 382 g/mol. The van der Waals surface area contributed by atoms with Crippen molar-refractivity contribution in [3.63, 3.8) is 0 Å². The summed E-state index contributed by atoms with van der Waals surface area (Å²) in [4.78, 5) is 24.3. The molecule has 8 nitrogen and oxygen atoms in total. The van der Waals surface area contributed by atoms with Crippen LogP contribution in [0.1, 0.15) is 56.3 Å². The Morgan fingerprint density at radius 2 is 1.86 bits per heavy atom. The zero-order valence-electron chi connectivity index (χ0n) is 16.6. The van der Waals surface area contributed by atoms with Gasteiger partial charge >= 0.3 is 0 Å². The van der Waals surface area contributed by atoms with Gasteiger partial charge in [-0.3, -0.25) is 9.59 Å². The van der Waals surface area contributed by atoms with Gasteiger partial charge in [-0.25, -0.2) is 13.1 Å². The van der Waals surface area contributed by atoms with Gasteiger partial charge in [0, 0.05) is 17.6 Å². The average Bonchev–Trinajstić information content (AvgIpc) is 2.65. The van der Waals surface area contributed by atoms with Gasteiger partial charge in [0.1, 0.15) is 10.6 Å². The van der Waals surface area contributed by atoms with E-state index in [2.05, 4.69) is 15.4 Å². The molecule has 1 aliphatic carbocycles. The number of amides is 2. The van der Waals surface area contributed by atoms with Gasteiger partial charge in [-0.2, -0.15) is 0 Å². The zero-order chi connectivity index (χ0) is 20.7. The van der Waals surface area contributed by atoms with E-state index >= 15 is 0 Å². The summed E-state index contributed by atoms with van der Waals surface area (Å²) in [6, 6.07) is 3.99. The molecule has 0 bridgehead atoms. The molecule has 2 amide bonds. The van der Waals surface area contributed by atoms with Gasteiger partial charge in [0.05, 0.1) is 13.7 Å². The fraction of sp³-hybridized carbons (Fsp3) is 0.579. The van der Waals surface area contributed by atoms with Crippen molar-refractivity contribution in [1.82, 2.24) is 15.4 Å². The quantitative estimate of drug-likeness (QED) is 0.601. The van der Waals surface area contributed by atoms with Crippen LogP contribution in [0.2, 0.25) is 0 Å². The molecule has 0 aliphatic heterocycles. The maximum atomic E-state index is 12.5. The molecule has 0 atom stereocenters. The molecule has 9 heteroatoms. The van der Waals surface area contributed by atoms with Crippen LogP contribution < -0.4 is 20.1 Å². The van der Waals surface area contributed by atoms with Crippen LogP contribution in [0, 0.1) is 0 Å². The molecule has 0 unspecified atom stereocenters. The largest absolute Gasteiger partial charge is 0.495 e. The minimum absolute atomic E-state index is 0.122. The highest BCUT2D eigenvalue weighted by molar-refractivity contribution is 7.89. The van der Waals surface area contributed by atoms with Crippen LogP contribution in [0.3, 0.4) is 0 Å². The predicted molar refractivity (Wildman–Crippen MR) is 106 cm³/mol. The Morgan fingerprint density at radius 3 is 2.46 bits per heavy atom.